The lowest BCUT2D eigenvalue weighted by molar-refractivity contribution is -0.121. The van der Waals surface area contributed by atoms with Crippen LogP contribution in [0, 0.1) is 11.6 Å². The van der Waals surface area contributed by atoms with E-state index in [0.29, 0.717) is 19.5 Å². The van der Waals surface area contributed by atoms with Gasteiger partial charge < -0.3 is 10.1 Å². The summed E-state index contributed by atoms with van der Waals surface area (Å²) < 4.78 is 33.4. The molecule has 1 amide bonds. The van der Waals surface area contributed by atoms with Crippen molar-refractivity contribution in [2.75, 3.05) is 40.3 Å². The molecule has 0 aliphatic carbocycles. The van der Waals surface area contributed by atoms with E-state index in [1.807, 2.05) is 0 Å². The molecule has 0 bridgehead atoms. The second kappa shape index (κ2) is 7.25. The number of nitrogens with zero attached hydrogens (tertiary/aromatic N) is 2. The van der Waals surface area contributed by atoms with Crippen LogP contribution < -0.4 is 10.1 Å². The van der Waals surface area contributed by atoms with Gasteiger partial charge in [-0.1, -0.05) is 0 Å². The Morgan fingerprint density at radius 1 is 1.24 bits per heavy atom. The summed E-state index contributed by atoms with van der Waals surface area (Å²) in [7, 11) is 3.46. The molecule has 7 heteroatoms. The summed E-state index contributed by atoms with van der Waals surface area (Å²) >= 11 is 0. The van der Waals surface area contributed by atoms with Gasteiger partial charge in [0.1, 0.15) is 17.4 Å². The number of carbonyl (C=O) groups excluding carboxylic acids is 1. The van der Waals surface area contributed by atoms with Gasteiger partial charge in [-0.05, 0) is 19.9 Å². The van der Waals surface area contributed by atoms with E-state index in [9.17, 15) is 13.6 Å². The standard InChI is InChI=1S/C18H25F2N3O2/c1-22-7-8-23(12-18(22)4-3-17(24)21-6-5-18)11-14-15(19)9-13(25-2)10-16(14)20/h9-10H,3-8,11-12H2,1-2H3,(H,21,24)/t18-/m1/s1. The first-order valence-corrected chi connectivity index (χ1v) is 8.66. The van der Waals surface area contributed by atoms with Crippen LogP contribution in [0.15, 0.2) is 12.1 Å². The number of hydrogen-bond donors (Lipinski definition) is 1. The number of piperazine rings is 1. The third-order valence-electron chi connectivity index (χ3n) is 5.54. The van der Waals surface area contributed by atoms with E-state index in [1.54, 1.807) is 0 Å². The lowest BCUT2D eigenvalue weighted by Crippen LogP contribution is -2.60. The molecule has 138 valence electrons. The number of nitrogens with one attached hydrogen (secondary N) is 1. The molecule has 2 fully saturated rings. The van der Waals surface area contributed by atoms with Crippen molar-refractivity contribution in [3.05, 3.63) is 29.3 Å². The number of halogens is 2. The Balaban J connectivity index is 1.77. The number of carbonyl (C=O) groups is 1. The van der Waals surface area contributed by atoms with Gasteiger partial charge in [-0.25, -0.2) is 8.78 Å². The summed E-state index contributed by atoms with van der Waals surface area (Å²) in [4.78, 5) is 16.1. The van der Waals surface area contributed by atoms with Gasteiger partial charge in [-0.3, -0.25) is 14.6 Å². The highest BCUT2D eigenvalue weighted by molar-refractivity contribution is 5.76. The van der Waals surface area contributed by atoms with Crippen molar-refractivity contribution in [3.8, 4) is 5.75 Å². The monoisotopic (exact) mass is 353 g/mol. The molecule has 25 heavy (non-hydrogen) atoms. The first-order chi connectivity index (χ1) is 11.9. The van der Waals surface area contributed by atoms with Crippen molar-refractivity contribution in [1.82, 2.24) is 15.1 Å². The molecule has 2 aliphatic heterocycles. The lowest BCUT2D eigenvalue weighted by Gasteiger charge is -2.49. The van der Waals surface area contributed by atoms with Crippen LogP contribution in [0.25, 0.3) is 0 Å². The smallest absolute Gasteiger partial charge is 0.220 e. The Morgan fingerprint density at radius 3 is 2.64 bits per heavy atom. The van der Waals surface area contributed by atoms with Crippen LogP contribution in [0.3, 0.4) is 0 Å². The average molecular weight is 353 g/mol. The normalized spacial score (nSPS) is 25.7. The highest BCUT2D eigenvalue weighted by atomic mass is 19.1. The summed E-state index contributed by atoms with van der Waals surface area (Å²) in [5.74, 6) is -0.901. The van der Waals surface area contributed by atoms with Gasteiger partial charge in [-0.15, -0.1) is 0 Å². The largest absolute Gasteiger partial charge is 0.497 e. The third kappa shape index (κ3) is 3.77. The number of benzene rings is 1. The van der Waals surface area contributed by atoms with E-state index < -0.39 is 11.6 Å². The van der Waals surface area contributed by atoms with E-state index in [2.05, 4.69) is 22.2 Å². The lowest BCUT2D eigenvalue weighted by atomic mass is 9.86. The first-order valence-electron chi connectivity index (χ1n) is 8.66. The molecule has 2 saturated heterocycles. The third-order valence-corrected chi connectivity index (χ3v) is 5.54. The first kappa shape index (κ1) is 18.1. The number of hydrogen-bond acceptors (Lipinski definition) is 4. The topological polar surface area (TPSA) is 44.8 Å². The Kier molecular flexibility index (Phi) is 5.24. The van der Waals surface area contributed by atoms with Crippen LogP contribution >= 0.6 is 0 Å². The zero-order valence-electron chi connectivity index (χ0n) is 14.8. The van der Waals surface area contributed by atoms with E-state index in [0.717, 1.165) is 25.9 Å². The number of likely N-dealkylation sites (N-methyl/N-ethyl adjacent to an activating group) is 1. The van der Waals surface area contributed by atoms with Crippen LogP contribution in [0.4, 0.5) is 8.78 Å². The quantitative estimate of drug-likeness (QED) is 0.899. The molecule has 1 N–H and O–H groups in total. The molecule has 0 aromatic heterocycles. The zero-order valence-corrected chi connectivity index (χ0v) is 14.8. The molecule has 5 nitrogen and oxygen atoms in total. The summed E-state index contributed by atoms with van der Waals surface area (Å²) in [5.41, 5.74) is -0.0556. The molecular formula is C18H25F2N3O2. The van der Waals surface area contributed by atoms with Crippen LogP contribution in [-0.2, 0) is 11.3 Å². The maximum Gasteiger partial charge on any atom is 0.220 e. The Morgan fingerprint density at radius 2 is 1.96 bits per heavy atom. The van der Waals surface area contributed by atoms with Crippen molar-refractivity contribution in [1.29, 1.82) is 0 Å². The minimum atomic E-state index is -0.581. The Bertz CT molecular complexity index is 632. The van der Waals surface area contributed by atoms with E-state index >= 15 is 0 Å². The second-order valence-corrected chi connectivity index (χ2v) is 7.03. The summed E-state index contributed by atoms with van der Waals surface area (Å²) in [5, 5.41) is 2.91. The van der Waals surface area contributed by atoms with Gasteiger partial charge >= 0.3 is 0 Å². The van der Waals surface area contributed by atoms with Gasteiger partial charge in [0.2, 0.25) is 5.91 Å². The van der Waals surface area contributed by atoms with Crippen LogP contribution in [0.1, 0.15) is 24.8 Å². The number of ether oxygens (including phenoxy) is 1. The molecule has 2 heterocycles. The number of amides is 1. The molecule has 1 aromatic rings. The maximum atomic E-state index is 14.3. The molecule has 1 atom stereocenters. The summed E-state index contributed by atoms with van der Waals surface area (Å²) in [6.45, 7) is 3.11. The van der Waals surface area contributed by atoms with Crippen LogP contribution in [0.5, 0.6) is 5.75 Å². The fourth-order valence-corrected chi connectivity index (χ4v) is 3.89. The molecular weight excluding hydrogens is 328 g/mol. The van der Waals surface area contributed by atoms with E-state index in [1.165, 1.54) is 19.2 Å². The van der Waals surface area contributed by atoms with Crippen LogP contribution in [-0.4, -0.2) is 61.6 Å². The van der Waals surface area contributed by atoms with Crippen molar-refractivity contribution in [3.63, 3.8) is 0 Å². The molecule has 0 unspecified atom stereocenters. The highest BCUT2D eigenvalue weighted by Crippen LogP contribution is 2.32. The van der Waals surface area contributed by atoms with Crippen molar-refractivity contribution >= 4 is 5.91 Å². The fraction of sp³-hybridized carbons (Fsp3) is 0.611. The Hall–Kier alpha value is -1.73. The predicted octanol–water partition coefficient (Wildman–Crippen LogP) is 1.76. The number of methoxy groups -OCH3 is 1. The molecule has 1 spiro atoms. The van der Waals surface area contributed by atoms with Gasteiger partial charge in [0.15, 0.2) is 0 Å². The maximum absolute atomic E-state index is 14.3. The molecule has 3 rings (SSSR count). The zero-order chi connectivity index (χ0) is 18.0. The van der Waals surface area contributed by atoms with Gasteiger partial charge in [0.05, 0.1) is 7.11 Å². The van der Waals surface area contributed by atoms with Crippen LogP contribution in [0.2, 0.25) is 0 Å². The van der Waals surface area contributed by atoms with Gasteiger partial charge in [0, 0.05) is 62.4 Å². The average Bonchev–Trinajstić information content (AvgIpc) is 2.76. The second-order valence-electron chi connectivity index (χ2n) is 7.03. The van der Waals surface area contributed by atoms with E-state index in [-0.39, 0.29) is 29.3 Å². The number of rotatable bonds is 3. The van der Waals surface area contributed by atoms with Crippen molar-refractivity contribution in [2.45, 2.75) is 31.3 Å². The molecule has 2 aliphatic rings. The predicted molar refractivity (Wildman–Crippen MR) is 90.4 cm³/mol. The van der Waals surface area contributed by atoms with E-state index in [4.69, 9.17) is 4.74 Å². The summed E-state index contributed by atoms with van der Waals surface area (Å²) in [6.07, 6.45) is 2.10. The minimum absolute atomic E-state index is 0.0725. The fourth-order valence-electron chi connectivity index (χ4n) is 3.89. The van der Waals surface area contributed by atoms with Gasteiger partial charge in [-0.2, -0.15) is 0 Å². The molecule has 0 saturated carbocycles. The van der Waals surface area contributed by atoms with Gasteiger partial charge in [0.25, 0.3) is 0 Å². The molecule has 1 aromatic carbocycles. The van der Waals surface area contributed by atoms with Crippen molar-refractivity contribution in [2.24, 2.45) is 0 Å². The molecule has 0 radical (unpaired) electrons. The minimum Gasteiger partial charge on any atom is -0.497 e. The SMILES string of the molecule is COc1cc(F)c(CN2CCN(C)[C@]3(CCNC(=O)CC3)C2)c(F)c1. The summed E-state index contributed by atoms with van der Waals surface area (Å²) in [6, 6.07) is 2.44. The highest BCUT2D eigenvalue weighted by Gasteiger charge is 2.41. The Labute approximate surface area is 146 Å². The van der Waals surface area contributed by atoms with Crippen molar-refractivity contribution < 1.29 is 18.3 Å².